The highest BCUT2D eigenvalue weighted by atomic mass is 79.9. The van der Waals surface area contributed by atoms with Crippen molar-refractivity contribution in [3.8, 4) is 0 Å². The van der Waals surface area contributed by atoms with E-state index in [0.717, 1.165) is 6.42 Å². The Kier molecular flexibility index (Phi) is 1.86. The first-order valence-electron chi connectivity index (χ1n) is 5.39. The number of fused-ring (bicyclic) bond motifs is 1. The molecule has 0 aromatic carbocycles. The molecule has 0 aliphatic heterocycles. The van der Waals surface area contributed by atoms with Gasteiger partial charge >= 0.3 is 0 Å². The Morgan fingerprint density at radius 1 is 1.29 bits per heavy atom. The molecule has 0 amide bonds. The first-order valence-corrected chi connectivity index (χ1v) is 6.97. The summed E-state index contributed by atoms with van der Waals surface area (Å²) < 4.78 is -0.399. The Bertz CT molecular complexity index is 298. The van der Waals surface area contributed by atoms with E-state index in [1.165, 1.54) is 19.3 Å². The lowest BCUT2D eigenvalue weighted by atomic mass is 9.37. The Morgan fingerprint density at radius 3 is 2.43 bits per heavy atom. The topological polar surface area (TPSA) is 17.1 Å². The van der Waals surface area contributed by atoms with Gasteiger partial charge in [-0.15, -0.1) is 0 Å². The lowest BCUT2D eigenvalue weighted by Gasteiger charge is -2.68. The molecule has 0 radical (unpaired) electrons. The molecule has 0 N–H and O–H groups in total. The lowest BCUT2D eigenvalue weighted by molar-refractivity contribution is -0.190. The number of hydrogen-bond donors (Lipinski definition) is 0. The summed E-state index contributed by atoms with van der Waals surface area (Å²) in [6.07, 6.45) is 4.87. The molecule has 2 atom stereocenters. The second-order valence-electron chi connectivity index (χ2n) is 5.42. The lowest BCUT2D eigenvalue weighted by Crippen LogP contribution is -2.68. The molecule has 1 nitrogen and oxygen atoms in total. The Morgan fingerprint density at radius 2 is 1.86 bits per heavy atom. The molecule has 0 aromatic heterocycles. The van der Waals surface area contributed by atoms with Gasteiger partial charge in [-0.1, -0.05) is 45.2 Å². The van der Waals surface area contributed by atoms with Crippen LogP contribution in [0, 0.1) is 23.2 Å². The third-order valence-electron chi connectivity index (χ3n) is 4.86. The summed E-state index contributed by atoms with van der Waals surface area (Å²) in [6.45, 7) is 2.38. The fourth-order valence-electron chi connectivity index (χ4n) is 4.27. The summed E-state index contributed by atoms with van der Waals surface area (Å²) >= 11 is 7.08. The van der Waals surface area contributed by atoms with Gasteiger partial charge in [0.25, 0.3) is 0 Å². The van der Waals surface area contributed by atoms with Crippen molar-refractivity contribution < 1.29 is 4.79 Å². The van der Waals surface area contributed by atoms with Crippen LogP contribution >= 0.6 is 31.9 Å². The average Bonchev–Trinajstić information content (AvgIpc) is 2.13. The molecular formula is C11H14Br2O. The molecule has 0 saturated heterocycles. The van der Waals surface area contributed by atoms with Gasteiger partial charge in [-0.05, 0) is 36.5 Å². The average molecular weight is 322 g/mol. The molecule has 3 heteroatoms. The van der Waals surface area contributed by atoms with E-state index in [1.807, 2.05) is 0 Å². The number of halogens is 2. The Hall–Kier alpha value is 0.630. The number of alkyl halides is 2. The highest BCUT2D eigenvalue weighted by Gasteiger charge is 2.70. The van der Waals surface area contributed by atoms with Gasteiger partial charge in [0.05, 0.1) is 0 Å². The van der Waals surface area contributed by atoms with Crippen LogP contribution in [0.3, 0.4) is 0 Å². The summed E-state index contributed by atoms with van der Waals surface area (Å²) in [5.41, 5.74) is 0.434. The van der Waals surface area contributed by atoms with Crippen molar-refractivity contribution in [2.75, 3.05) is 0 Å². The van der Waals surface area contributed by atoms with Gasteiger partial charge in [-0.25, -0.2) is 0 Å². The van der Waals surface area contributed by atoms with Crippen LogP contribution in [-0.4, -0.2) is 9.02 Å². The quantitative estimate of drug-likeness (QED) is 0.624. The van der Waals surface area contributed by atoms with Gasteiger partial charge in [0.15, 0.2) is 5.78 Å². The monoisotopic (exact) mass is 320 g/mol. The number of hydrogen-bond acceptors (Lipinski definition) is 1. The van der Waals surface area contributed by atoms with Crippen molar-refractivity contribution in [1.82, 2.24) is 0 Å². The van der Waals surface area contributed by atoms with Gasteiger partial charge in [0.2, 0.25) is 0 Å². The fraction of sp³-hybridized carbons (Fsp3) is 0.909. The number of Topliss-reactive ketones (excluding diaryl/α,β-unsaturated/α-hetero) is 1. The van der Waals surface area contributed by atoms with Crippen molar-refractivity contribution in [3.05, 3.63) is 0 Å². The number of carbonyl (C=O) groups is 1. The molecule has 0 heterocycles. The number of rotatable bonds is 0. The predicted molar refractivity (Wildman–Crippen MR) is 62.6 cm³/mol. The van der Waals surface area contributed by atoms with Crippen molar-refractivity contribution >= 4 is 37.6 Å². The first kappa shape index (κ1) is 9.83. The van der Waals surface area contributed by atoms with Crippen LogP contribution in [0.15, 0.2) is 0 Å². The van der Waals surface area contributed by atoms with Crippen LogP contribution in [-0.2, 0) is 4.79 Å². The summed E-state index contributed by atoms with van der Waals surface area (Å²) in [4.78, 5) is 12.1. The number of carbonyl (C=O) groups excluding carboxylic acids is 1. The van der Waals surface area contributed by atoms with Gasteiger partial charge in [0.1, 0.15) is 3.23 Å². The molecule has 0 unspecified atom stereocenters. The van der Waals surface area contributed by atoms with Crippen LogP contribution in [0.25, 0.3) is 0 Å². The third kappa shape index (κ3) is 0.940. The molecule has 3 fully saturated rings. The Balaban J connectivity index is 2.00. The highest BCUT2D eigenvalue weighted by Crippen LogP contribution is 2.72. The van der Waals surface area contributed by atoms with E-state index < -0.39 is 3.23 Å². The summed E-state index contributed by atoms with van der Waals surface area (Å²) in [7, 11) is 0. The van der Waals surface area contributed by atoms with E-state index in [0.29, 0.717) is 29.0 Å². The van der Waals surface area contributed by atoms with Crippen molar-refractivity contribution in [3.63, 3.8) is 0 Å². The SMILES string of the molecule is CC12CC(Br)(Br)C(=O)C3[C@H]1CCC[C@H]32. The molecule has 78 valence electrons. The van der Waals surface area contributed by atoms with Crippen LogP contribution in [0.2, 0.25) is 0 Å². The highest BCUT2D eigenvalue weighted by molar-refractivity contribution is 9.25. The van der Waals surface area contributed by atoms with Crippen LogP contribution in [0.4, 0.5) is 0 Å². The molecular weight excluding hydrogens is 308 g/mol. The van der Waals surface area contributed by atoms with Crippen LogP contribution in [0.1, 0.15) is 32.6 Å². The van der Waals surface area contributed by atoms with Crippen LogP contribution < -0.4 is 0 Å². The maximum Gasteiger partial charge on any atom is 0.163 e. The normalized spacial score (nSPS) is 53.9. The van der Waals surface area contributed by atoms with Gasteiger partial charge < -0.3 is 0 Å². The molecule has 4 bridgehead atoms. The van der Waals surface area contributed by atoms with Crippen molar-refractivity contribution in [2.24, 2.45) is 23.2 Å². The second kappa shape index (κ2) is 2.65. The van der Waals surface area contributed by atoms with E-state index in [2.05, 4.69) is 38.8 Å². The standard InChI is InChI=1S/C11H14Br2O/c1-10-5-11(12,13)9(14)8-6(10)3-2-4-7(8)10/h6-8H,2-5H2,1H3/t6-,7-,8?,10?/m1/s1. The fourth-order valence-corrected chi connectivity index (χ4v) is 6.01. The van der Waals surface area contributed by atoms with E-state index in [1.54, 1.807) is 0 Å². The second-order valence-corrected chi connectivity index (χ2v) is 9.19. The molecule has 3 rings (SSSR count). The minimum absolute atomic E-state index is 0.362. The zero-order valence-electron chi connectivity index (χ0n) is 8.22. The zero-order valence-corrected chi connectivity index (χ0v) is 11.4. The van der Waals surface area contributed by atoms with Gasteiger partial charge in [-0.2, -0.15) is 0 Å². The first-order chi connectivity index (χ1) is 6.47. The molecule has 3 aliphatic carbocycles. The molecule has 0 aromatic rings. The zero-order chi connectivity index (χ0) is 10.1. The maximum atomic E-state index is 12.1. The summed E-state index contributed by atoms with van der Waals surface area (Å²) in [5, 5.41) is 0. The summed E-state index contributed by atoms with van der Waals surface area (Å²) in [5.74, 6) is 2.16. The minimum Gasteiger partial charge on any atom is -0.297 e. The largest absolute Gasteiger partial charge is 0.297 e. The van der Waals surface area contributed by atoms with Crippen molar-refractivity contribution in [2.45, 2.75) is 35.8 Å². The molecule has 0 spiro atoms. The predicted octanol–water partition coefficient (Wildman–Crippen LogP) is 3.50. The smallest absolute Gasteiger partial charge is 0.163 e. The van der Waals surface area contributed by atoms with Crippen molar-refractivity contribution in [1.29, 1.82) is 0 Å². The number of ketones is 1. The molecule has 14 heavy (non-hydrogen) atoms. The third-order valence-corrected chi connectivity index (χ3v) is 6.20. The minimum atomic E-state index is -0.399. The van der Waals surface area contributed by atoms with Gasteiger partial charge in [-0.3, -0.25) is 4.79 Å². The van der Waals surface area contributed by atoms with E-state index >= 15 is 0 Å². The van der Waals surface area contributed by atoms with Gasteiger partial charge in [0, 0.05) is 5.92 Å². The Labute approximate surface area is 101 Å². The maximum absolute atomic E-state index is 12.1. The summed E-state index contributed by atoms with van der Waals surface area (Å²) in [6, 6.07) is 0. The molecule has 3 saturated carbocycles. The molecule has 3 aliphatic rings. The van der Waals surface area contributed by atoms with E-state index in [9.17, 15) is 4.79 Å². The van der Waals surface area contributed by atoms with E-state index in [-0.39, 0.29) is 0 Å². The van der Waals surface area contributed by atoms with Crippen LogP contribution in [0.5, 0.6) is 0 Å². The van der Waals surface area contributed by atoms with E-state index in [4.69, 9.17) is 0 Å².